The Labute approximate surface area is 133 Å². The zero-order chi connectivity index (χ0) is 15.5. The molecule has 2 fully saturated rings. The van der Waals surface area contributed by atoms with Gasteiger partial charge >= 0.3 is 0 Å². The molecule has 1 aliphatic heterocycles. The first-order valence-corrected chi connectivity index (χ1v) is 9.40. The minimum atomic E-state index is 0.448. The summed E-state index contributed by atoms with van der Waals surface area (Å²) in [5.74, 6) is 1.74. The van der Waals surface area contributed by atoms with Crippen LogP contribution in [0.25, 0.3) is 0 Å². The highest BCUT2D eigenvalue weighted by atomic mass is 15.1. The summed E-state index contributed by atoms with van der Waals surface area (Å²) >= 11 is 0. The SMILES string of the molecule is CCN1CCC(C(C)NC2CCCCC2C(C)(C)C)CC1. The fourth-order valence-electron chi connectivity index (χ4n) is 4.61. The molecule has 0 radical (unpaired) electrons. The van der Waals surface area contributed by atoms with Gasteiger partial charge in [0.05, 0.1) is 0 Å². The molecule has 3 unspecified atom stereocenters. The van der Waals surface area contributed by atoms with Crippen LogP contribution in [0, 0.1) is 17.3 Å². The van der Waals surface area contributed by atoms with Crippen molar-refractivity contribution in [3.63, 3.8) is 0 Å². The van der Waals surface area contributed by atoms with Gasteiger partial charge in [-0.3, -0.25) is 0 Å². The second-order valence-electron chi connectivity index (χ2n) is 8.59. The maximum atomic E-state index is 4.06. The summed E-state index contributed by atoms with van der Waals surface area (Å²) in [7, 11) is 0. The molecular weight excluding hydrogens is 256 g/mol. The van der Waals surface area contributed by atoms with E-state index in [1.807, 2.05) is 0 Å². The van der Waals surface area contributed by atoms with E-state index in [0.29, 0.717) is 11.5 Å². The van der Waals surface area contributed by atoms with Gasteiger partial charge in [-0.05, 0) is 69.5 Å². The van der Waals surface area contributed by atoms with Crippen LogP contribution in [0.2, 0.25) is 0 Å². The molecule has 0 aromatic carbocycles. The number of likely N-dealkylation sites (tertiary alicyclic amines) is 1. The molecule has 0 bridgehead atoms. The highest BCUT2D eigenvalue weighted by molar-refractivity contribution is 4.91. The van der Waals surface area contributed by atoms with Crippen LogP contribution in [-0.2, 0) is 0 Å². The summed E-state index contributed by atoms with van der Waals surface area (Å²) in [6.45, 7) is 15.9. The molecule has 2 heteroatoms. The predicted octanol–water partition coefficient (Wildman–Crippen LogP) is 4.30. The smallest absolute Gasteiger partial charge is 0.0103 e. The van der Waals surface area contributed by atoms with Gasteiger partial charge in [-0.1, -0.05) is 40.5 Å². The Morgan fingerprint density at radius 2 is 1.67 bits per heavy atom. The maximum absolute atomic E-state index is 4.06. The highest BCUT2D eigenvalue weighted by Crippen LogP contribution is 2.38. The molecule has 1 saturated heterocycles. The molecular formula is C19H38N2. The Balaban J connectivity index is 1.87. The molecule has 0 aromatic rings. The molecule has 2 aliphatic rings. The molecule has 1 heterocycles. The monoisotopic (exact) mass is 294 g/mol. The average Bonchev–Trinajstić information content (AvgIpc) is 2.47. The number of rotatable bonds is 4. The molecule has 3 atom stereocenters. The second-order valence-corrected chi connectivity index (χ2v) is 8.59. The van der Waals surface area contributed by atoms with E-state index in [9.17, 15) is 0 Å². The van der Waals surface area contributed by atoms with Gasteiger partial charge in [-0.25, -0.2) is 0 Å². The minimum Gasteiger partial charge on any atom is -0.311 e. The molecule has 1 saturated carbocycles. The van der Waals surface area contributed by atoms with Gasteiger partial charge < -0.3 is 10.2 Å². The van der Waals surface area contributed by atoms with Crippen molar-refractivity contribution in [2.75, 3.05) is 19.6 Å². The quantitative estimate of drug-likeness (QED) is 0.831. The van der Waals surface area contributed by atoms with E-state index in [-0.39, 0.29) is 0 Å². The van der Waals surface area contributed by atoms with Gasteiger partial charge in [0.15, 0.2) is 0 Å². The molecule has 0 aromatic heterocycles. The molecule has 1 N–H and O–H groups in total. The Hall–Kier alpha value is -0.0800. The van der Waals surface area contributed by atoms with Crippen molar-refractivity contribution in [3.8, 4) is 0 Å². The first-order chi connectivity index (χ1) is 9.91. The molecule has 1 aliphatic carbocycles. The van der Waals surface area contributed by atoms with E-state index in [2.05, 4.69) is 44.8 Å². The third kappa shape index (κ3) is 4.69. The van der Waals surface area contributed by atoms with Crippen LogP contribution in [0.1, 0.15) is 73.1 Å². The average molecular weight is 295 g/mol. The van der Waals surface area contributed by atoms with E-state index in [0.717, 1.165) is 17.9 Å². The summed E-state index contributed by atoms with van der Waals surface area (Å²) in [4.78, 5) is 2.60. The van der Waals surface area contributed by atoms with E-state index >= 15 is 0 Å². The highest BCUT2D eigenvalue weighted by Gasteiger charge is 2.35. The summed E-state index contributed by atoms with van der Waals surface area (Å²) in [5.41, 5.74) is 0.448. The van der Waals surface area contributed by atoms with Crippen LogP contribution < -0.4 is 5.32 Å². The van der Waals surface area contributed by atoms with Crippen LogP contribution in [0.5, 0.6) is 0 Å². The van der Waals surface area contributed by atoms with Gasteiger partial charge in [-0.2, -0.15) is 0 Å². The van der Waals surface area contributed by atoms with Crippen molar-refractivity contribution in [1.82, 2.24) is 10.2 Å². The van der Waals surface area contributed by atoms with Gasteiger partial charge in [0.2, 0.25) is 0 Å². The van der Waals surface area contributed by atoms with Crippen molar-refractivity contribution in [2.24, 2.45) is 17.3 Å². The lowest BCUT2D eigenvalue weighted by Crippen LogP contribution is -2.51. The Bertz CT molecular complexity index is 299. The van der Waals surface area contributed by atoms with Crippen LogP contribution in [0.4, 0.5) is 0 Å². The normalized spacial score (nSPS) is 31.3. The van der Waals surface area contributed by atoms with E-state index in [1.54, 1.807) is 0 Å². The lowest BCUT2D eigenvalue weighted by atomic mass is 9.69. The van der Waals surface area contributed by atoms with Crippen LogP contribution in [0.3, 0.4) is 0 Å². The largest absolute Gasteiger partial charge is 0.311 e. The summed E-state index contributed by atoms with van der Waals surface area (Å²) in [6.07, 6.45) is 8.43. The number of hydrogen-bond donors (Lipinski definition) is 1. The predicted molar refractivity (Wildman–Crippen MR) is 92.6 cm³/mol. The number of hydrogen-bond acceptors (Lipinski definition) is 2. The van der Waals surface area contributed by atoms with Crippen molar-refractivity contribution in [3.05, 3.63) is 0 Å². The Morgan fingerprint density at radius 1 is 1.05 bits per heavy atom. The van der Waals surface area contributed by atoms with Gasteiger partial charge in [0, 0.05) is 12.1 Å². The fourth-order valence-corrected chi connectivity index (χ4v) is 4.61. The topological polar surface area (TPSA) is 15.3 Å². The van der Waals surface area contributed by atoms with Crippen molar-refractivity contribution in [2.45, 2.75) is 85.2 Å². The molecule has 0 spiro atoms. The first-order valence-electron chi connectivity index (χ1n) is 9.40. The molecule has 2 nitrogen and oxygen atoms in total. The first kappa shape index (κ1) is 17.3. The van der Waals surface area contributed by atoms with E-state index in [4.69, 9.17) is 0 Å². The summed E-state index contributed by atoms with van der Waals surface area (Å²) < 4.78 is 0. The lowest BCUT2D eigenvalue weighted by Gasteiger charge is -2.44. The third-order valence-corrected chi connectivity index (χ3v) is 6.14. The number of piperidine rings is 1. The van der Waals surface area contributed by atoms with E-state index in [1.165, 1.54) is 58.2 Å². The van der Waals surface area contributed by atoms with Gasteiger partial charge in [0.1, 0.15) is 0 Å². The molecule has 2 rings (SSSR count). The maximum Gasteiger partial charge on any atom is 0.0103 e. The van der Waals surface area contributed by atoms with Gasteiger partial charge in [-0.15, -0.1) is 0 Å². The zero-order valence-corrected chi connectivity index (χ0v) is 15.1. The van der Waals surface area contributed by atoms with Crippen LogP contribution in [0.15, 0.2) is 0 Å². The molecule has 0 amide bonds. The zero-order valence-electron chi connectivity index (χ0n) is 15.1. The Morgan fingerprint density at radius 3 is 2.24 bits per heavy atom. The molecule has 21 heavy (non-hydrogen) atoms. The van der Waals surface area contributed by atoms with Gasteiger partial charge in [0.25, 0.3) is 0 Å². The minimum absolute atomic E-state index is 0.448. The Kier molecular flexibility index (Phi) is 6.14. The fraction of sp³-hybridized carbons (Fsp3) is 1.00. The second kappa shape index (κ2) is 7.46. The van der Waals surface area contributed by atoms with Crippen LogP contribution >= 0.6 is 0 Å². The van der Waals surface area contributed by atoms with E-state index < -0.39 is 0 Å². The number of nitrogens with one attached hydrogen (secondary N) is 1. The van der Waals surface area contributed by atoms with Crippen LogP contribution in [-0.4, -0.2) is 36.6 Å². The van der Waals surface area contributed by atoms with Crippen molar-refractivity contribution in [1.29, 1.82) is 0 Å². The lowest BCUT2D eigenvalue weighted by molar-refractivity contribution is 0.104. The summed E-state index contributed by atoms with van der Waals surface area (Å²) in [5, 5.41) is 4.06. The van der Waals surface area contributed by atoms with Crippen molar-refractivity contribution >= 4 is 0 Å². The standard InChI is InChI=1S/C19H38N2/c1-6-21-13-11-16(12-14-21)15(2)20-18-10-8-7-9-17(18)19(3,4)5/h15-18,20H,6-14H2,1-5H3. The van der Waals surface area contributed by atoms with Crippen molar-refractivity contribution < 1.29 is 0 Å². The number of nitrogens with zero attached hydrogens (tertiary/aromatic N) is 1. The molecule has 124 valence electrons. The third-order valence-electron chi connectivity index (χ3n) is 6.14. The summed E-state index contributed by atoms with van der Waals surface area (Å²) in [6, 6.07) is 1.44.